The van der Waals surface area contributed by atoms with Gasteiger partial charge in [0.1, 0.15) is 5.58 Å². The van der Waals surface area contributed by atoms with Crippen molar-refractivity contribution in [3.63, 3.8) is 0 Å². The summed E-state index contributed by atoms with van der Waals surface area (Å²) in [5, 5.41) is 11.2. The Morgan fingerprint density at radius 2 is 1.94 bits per heavy atom. The predicted octanol–water partition coefficient (Wildman–Crippen LogP) is 4.46. The van der Waals surface area contributed by atoms with E-state index in [0.717, 1.165) is 36.5 Å². The molecule has 0 aliphatic carbocycles. The Morgan fingerprint density at radius 1 is 1.16 bits per heavy atom. The lowest BCUT2D eigenvalue weighted by Gasteiger charge is -2.19. The first kappa shape index (κ1) is 20.7. The largest absolute Gasteiger partial charge is 0.621 e. The van der Waals surface area contributed by atoms with Gasteiger partial charge in [0.25, 0.3) is 0 Å². The number of nitrogens with one attached hydrogen (secondary N) is 1. The number of ether oxygens (including phenoxy) is 1. The van der Waals surface area contributed by atoms with E-state index >= 15 is 0 Å². The normalized spacial score (nSPS) is 13.1. The highest BCUT2D eigenvalue weighted by Crippen LogP contribution is 2.40. The number of carbonyl (C=O) groups excluding carboxylic acids is 1. The molecule has 6 nitrogen and oxygen atoms in total. The van der Waals surface area contributed by atoms with E-state index in [1.807, 2.05) is 0 Å². The molecule has 2 heterocycles. The van der Waals surface area contributed by atoms with E-state index in [0.29, 0.717) is 0 Å². The van der Waals surface area contributed by atoms with E-state index in [1.165, 1.54) is 18.3 Å². The summed E-state index contributed by atoms with van der Waals surface area (Å²) >= 11 is 0. The summed E-state index contributed by atoms with van der Waals surface area (Å²) in [6, 6.07) is 7.27. The SMILES string of the molecule is O=C(c1ccc(OC(F)F)c2oc3ccc(C(F)(F)F)cc3c12)[NH+]([O-])c1cccnc1. The molecule has 0 fully saturated rings. The van der Waals surface area contributed by atoms with Crippen LogP contribution in [0.5, 0.6) is 5.75 Å². The summed E-state index contributed by atoms with van der Waals surface area (Å²) in [5.41, 5.74) is -1.88. The third-order valence-electron chi connectivity index (χ3n) is 4.50. The highest BCUT2D eigenvalue weighted by molar-refractivity contribution is 6.16. The van der Waals surface area contributed by atoms with Crippen LogP contribution in [0.2, 0.25) is 0 Å². The fraction of sp³-hybridized carbons (Fsp3) is 0.100. The molecule has 1 N–H and O–H groups in total. The molecule has 4 aromatic rings. The number of quaternary nitrogens is 1. The highest BCUT2D eigenvalue weighted by Gasteiger charge is 2.32. The van der Waals surface area contributed by atoms with Gasteiger partial charge in [0.2, 0.25) is 0 Å². The number of fused-ring (bicyclic) bond motifs is 3. The first-order valence-electron chi connectivity index (χ1n) is 8.67. The molecule has 0 saturated carbocycles. The van der Waals surface area contributed by atoms with Gasteiger partial charge in [-0.15, -0.1) is 0 Å². The molecule has 2 aromatic carbocycles. The lowest BCUT2D eigenvalue weighted by molar-refractivity contribution is -0.679. The first-order valence-corrected chi connectivity index (χ1v) is 8.67. The van der Waals surface area contributed by atoms with Crippen molar-refractivity contribution >= 4 is 33.5 Å². The van der Waals surface area contributed by atoms with E-state index in [9.17, 15) is 32.0 Å². The van der Waals surface area contributed by atoms with Gasteiger partial charge in [-0.25, -0.2) is 4.79 Å². The Kier molecular flexibility index (Phi) is 5.07. The maximum Gasteiger partial charge on any atom is 0.416 e. The van der Waals surface area contributed by atoms with E-state index in [-0.39, 0.29) is 33.2 Å². The van der Waals surface area contributed by atoms with Crippen molar-refractivity contribution < 1.29 is 41.0 Å². The molecule has 4 rings (SSSR count). The molecular formula is C20H11F5N2O4. The number of nitrogens with zero attached hydrogens (tertiary/aromatic N) is 1. The molecule has 2 aromatic heterocycles. The molecular weight excluding hydrogens is 427 g/mol. The molecule has 0 aliphatic heterocycles. The molecule has 0 spiro atoms. The third-order valence-corrected chi connectivity index (χ3v) is 4.50. The summed E-state index contributed by atoms with van der Waals surface area (Å²) in [5.74, 6) is -1.55. The van der Waals surface area contributed by atoms with Crippen LogP contribution < -0.4 is 9.80 Å². The van der Waals surface area contributed by atoms with Gasteiger partial charge >= 0.3 is 18.7 Å². The van der Waals surface area contributed by atoms with Crippen LogP contribution in [0.1, 0.15) is 15.9 Å². The second kappa shape index (κ2) is 7.60. The fourth-order valence-electron chi connectivity index (χ4n) is 3.16. The molecule has 0 bridgehead atoms. The van der Waals surface area contributed by atoms with Crippen LogP contribution in [0, 0.1) is 5.21 Å². The van der Waals surface area contributed by atoms with Crippen molar-refractivity contribution in [1.29, 1.82) is 0 Å². The quantitative estimate of drug-likeness (QED) is 0.376. The summed E-state index contributed by atoms with van der Waals surface area (Å²) in [6.07, 6.45) is -2.16. The summed E-state index contributed by atoms with van der Waals surface area (Å²) in [4.78, 5) is 16.6. The number of hydroxylamine groups is 1. The van der Waals surface area contributed by atoms with Gasteiger partial charge in [-0.05, 0) is 36.4 Å². The summed E-state index contributed by atoms with van der Waals surface area (Å²) < 4.78 is 75.0. The number of hydrogen-bond donors (Lipinski definition) is 1. The molecule has 1 unspecified atom stereocenters. The molecule has 160 valence electrons. The maximum absolute atomic E-state index is 13.2. The minimum absolute atomic E-state index is 0.0441. The second-order valence-corrected chi connectivity index (χ2v) is 6.40. The van der Waals surface area contributed by atoms with Gasteiger partial charge < -0.3 is 14.4 Å². The second-order valence-electron chi connectivity index (χ2n) is 6.40. The van der Waals surface area contributed by atoms with Gasteiger partial charge in [0, 0.05) is 23.0 Å². The Balaban J connectivity index is 1.97. The Morgan fingerprint density at radius 3 is 2.58 bits per heavy atom. The standard InChI is InChI=1S/C20H11F5N2O4/c21-19(22)31-15-6-4-12(18(28)27(29)11-2-1-7-26-9-11)16-13-8-10(20(23,24)25)3-5-14(13)30-17(15)16/h1-9,19,27H. The predicted molar refractivity (Wildman–Crippen MR) is 97.9 cm³/mol. The summed E-state index contributed by atoms with van der Waals surface area (Å²) in [6.45, 7) is -3.25. The van der Waals surface area contributed by atoms with Crippen LogP contribution in [0.4, 0.5) is 27.6 Å². The van der Waals surface area contributed by atoms with Crippen LogP contribution in [0.15, 0.2) is 59.3 Å². The number of furan rings is 1. The number of rotatable bonds is 4. The molecule has 31 heavy (non-hydrogen) atoms. The van der Waals surface area contributed by atoms with Crippen LogP contribution in [0.25, 0.3) is 21.9 Å². The zero-order valence-electron chi connectivity index (χ0n) is 15.2. The van der Waals surface area contributed by atoms with Crippen LogP contribution in [-0.4, -0.2) is 17.5 Å². The third kappa shape index (κ3) is 3.80. The van der Waals surface area contributed by atoms with Crippen LogP contribution in [0.3, 0.4) is 0 Å². The van der Waals surface area contributed by atoms with E-state index in [2.05, 4.69) is 9.72 Å². The number of pyridine rings is 1. The monoisotopic (exact) mass is 438 g/mol. The van der Waals surface area contributed by atoms with Crippen molar-refractivity contribution in [2.24, 2.45) is 0 Å². The maximum atomic E-state index is 13.2. The zero-order chi connectivity index (χ0) is 22.3. The summed E-state index contributed by atoms with van der Waals surface area (Å²) in [7, 11) is 0. The zero-order valence-corrected chi connectivity index (χ0v) is 15.2. The lowest BCUT2D eigenvalue weighted by atomic mass is 10.0. The number of benzene rings is 2. The van der Waals surface area contributed by atoms with Gasteiger partial charge in [0.15, 0.2) is 17.0 Å². The molecule has 1 amide bonds. The van der Waals surface area contributed by atoms with E-state index in [1.54, 1.807) is 0 Å². The Labute approximate surface area is 170 Å². The van der Waals surface area contributed by atoms with Gasteiger partial charge in [-0.3, -0.25) is 10.0 Å². The minimum Gasteiger partial charge on any atom is -0.621 e. The van der Waals surface area contributed by atoms with E-state index in [4.69, 9.17) is 4.42 Å². The van der Waals surface area contributed by atoms with Crippen molar-refractivity contribution in [3.8, 4) is 5.75 Å². The van der Waals surface area contributed by atoms with Crippen LogP contribution >= 0.6 is 0 Å². The minimum atomic E-state index is -4.70. The smallest absolute Gasteiger partial charge is 0.416 e. The van der Waals surface area contributed by atoms with Crippen molar-refractivity contribution in [1.82, 2.24) is 4.98 Å². The number of aromatic nitrogens is 1. The molecule has 1 atom stereocenters. The molecule has 0 saturated heterocycles. The van der Waals surface area contributed by atoms with Crippen molar-refractivity contribution in [2.75, 3.05) is 0 Å². The number of carbonyl (C=O) groups is 1. The van der Waals surface area contributed by atoms with Crippen LogP contribution in [-0.2, 0) is 6.18 Å². The lowest BCUT2D eigenvalue weighted by Crippen LogP contribution is -3.05. The van der Waals surface area contributed by atoms with Crippen molar-refractivity contribution in [2.45, 2.75) is 12.8 Å². The van der Waals surface area contributed by atoms with Crippen molar-refractivity contribution in [3.05, 3.63) is 71.2 Å². The van der Waals surface area contributed by atoms with Gasteiger partial charge in [-0.1, -0.05) is 0 Å². The Hall–Kier alpha value is -3.57. The van der Waals surface area contributed by atoms with Gasteiger partial charge in [0.05, 0.1) is 17.3 Å². The number of hydrogen-bond acceptors (Lipinski definition) is 5. The van der Waals surface area contributed by atoms with Gasteiger partial charge in [-0.2, -0.15) is 22.0 Å². The molecule has 0 radical (unpaired) electrons. The number of alkyl halides is 5. The first-order chi connectivity index (χ1) is 14.7. The average molecular weight is 438 g/mol. The van der Waals surface area contributed by atoms with E-state index < -0.39 is 35.1 Å². The topological polar surface area (TPSA) is 79.8 Å². The molecule has 0 aliphatic rings. The highest BCUT2D eigenvalue weighted by atomic mass is 19.4. The Bertz CT molecular complexity index is 1270. The fourth-order valence-corrected chi connectivity index (χ4v) is 3.16. The number of halogens is 5. The average Bonchev–Trinajstić information content (AvgIpc) is 3.12. The molecule has 11 heteroatoms. The number of amides is 1.